The van der Waals surface area contributed by atoms with Gasteiger partial charge in [0.15, 0.2) is 0 Å². The lowest BCUT2D eigenvalue weighted by Crippen LogP contribution is -2.61. The predicted molar refractivity (Wildman–Crippen MR) is 77.9 cm³/mol. The maximum absolute atomic E-state index is 11.4. The highest BCUT2D eigenvalue weighted by Crippen LogP contribution is 2.64. The largest absolute Gasteiger partial charge is 0.182 e. The van der Waals surface area contributed by atoms with Crippen molar-refractivity contribution in [1.29, 1.82) is 0 Å². The Morgan fingerprint density at radius 1 is 0.864 bits per heavy atom. The van der Waals surface area contributed by atoms with Gasteiger partial charge in [0.1, 0.15) is 3.74 Å². The Morgan fingerprint density at radius 3 is 1.68 bits per heavy atom. The first kappa shape index (κ1) is 17.3. The number of hydrogen-bond donors (Lipinski definition) is 0. The summed E-state index contributed by atoms with van der Waals surface area (Å²) in [5, 5.41) is 0. The summed E-state index contributed by atoms with van der Waals surface area (Å²) >= 11 is 0. The quantitative estimate of drug-likeness (QED) is 0.764. The van der Waals surface area contributed by atoms with Crippen molar-refractivity contribution in [2.24, 2.45) is 0 Å². The van der Waals surface area contributed by atoms with E-state index in [9.17, 15) is 14.0 Å². The smallest absolute Gasteiger partial charge is 0.130 e. The standard InChI is InChI=1S/C16H19ClO4S/c1-2-3-14-22(21-17(18,19)20,15-10-6-4-7-11-15)16-12-8-5-9-13-16/h4-13H,2-3,14H2,1H3. The minimum absolute atomic E-state index is 0.492. The molecule has 2 rings (SSSR count). The molecular formula is C16H19ClO4S. The molecular weight excluding hydrogens is 324 g/mol. The van der Waals surface area contributed by atoms with E-state index >= 15 is 0 Å². The van der Waals surface area contributed by atoms with Crippen molar-refractivity contribution in [3.05, 3.63) is 60.7 Å². The first-order valence-electron chi connectivity index (χ1n) is 7.01. The van der Waals surface area contributed by atoms with E-state index in [4.69, 9.17) is 3.74 Å². The van der Waals surface area contributed by atoms with Crippen LogP contribution >= 0.6 is 10.3 Å². The molecule has 0 aliphatic rings. The van der Waals surface area contributed by atoms with Crippen LogP contribution in [0.5, 0.6) is 0 Å². The lowest BCUT2D eigenvalue weighted by atomic mass is 10.4. The van der Waals surface area contributed by atoms with Gasteiger partial charge in [0.25, 0.3) is 0 Å². The molecule has 4 nitrogen and oxygen atoms in total. The molecule has 0 unspecified atom stereocenters. The van der Waals surface area contributed by atoms with E-state index in [1.165, 1.54) is 0 Å². The van der Waals surface area contributed by atoms with Gasteiger partial charge in [-0.2, -0.15) is 14.0 Å². The average Bonchev–Trinajstić information content (AvgIpc) is 2.52. The highest BCUT2D eigenvalue weighted by molar-refractivity contribution is 8.29. The molecule has 0 spiro atoms. The molecule has 0 aromatic heterocycles. The Balaban J connectivity index is 2.58. The number of benzene rings is 2. The highest BCUT2D eigenvalue weighted by Gasteiger charge is 2.43. The molecule has 120 valence electrons. The summed E-state index contributed by atoms with van der Waals surface area (Å²) in [7, 11) is -6.91. The van der Waals surface area contributed by atoms with Gasteiger partial charge in [-0.15, -0.1) is 0 Å². The third-order valence-corrected chi connectivity index (χ3v) is 7.63. The fourth-order valence-corrected chi connectivity index (χ4v) is 6.76. The fourth-order valence-electron chi connectivity index (χ4n) is 2.24. The minimum atomic E-state index is -4.52. The van der Waals surface area contributed by atoms with Crippen LogP contribution in [0.25, 0.3) is 0 Å². The Hall–Kier alpha value is -1.08. The number of hydrogen-bond acceptors (Lipinski definition) is 4. The maximum Gasteiger partial charge on any atom is 0.130 e. The van der Waals surface area contributed by atoms with Crippen LogP contribution in [0.3, 0.4) is 0 Å². The summed E-state index contributed by atoms with van der Waals surface area (Å²) in [6.07, 6.45) is 1.65. The van der Waals surface area contributed by atoms with Crippen molar-refractivity contribution in [2.75, 3.05) is 5.75 Å². The van der Waals surface area contributed by atoms with Crippen molar-refractivity contribution in [3.63, 3.8) is 0 Å². The van der Waals surface area contributed by atoms with Gasteiger partial charge >= 0.3 is 0 Å². The zero-order valence-electron chi connectivity index (χ0n) is 12.3. The fraction of sp³-hybridized carbons (Fsp3) is 0.250. The van der Waals surface area contributed by atoms with Crippen molar-refractivity contribution in [2.45, 2.75) is 29.6 Å². The Bertz CT molecular complexity index is 532. The third-order valence-electron chi connectivity index (χ3n) is 3.22. The van der Waals surface area contributed by atoms with E-state index < -0.39 is 20.6 Å². The summed E-state index contributed by atoms with van der Waals surface area (Å²) in [5.41, 5.74) is 0. The second-order valence-electron chi connectivity index (χ2n) is 4.80. The minimum Gasteiger partial charge on any atom is -0.182 e. The zero-order chi connectivity index (χ0) is 16.1. The Morgan fingerprint density at radius 2 is 1.32 bits per heavy atom. The molecule has 0 aliphatic heterocycles. The van der Waals surface area contributed by atoms with Gasteiger partial charge in [0.05, 0.1) is 20.6 Å². The van der Waals surface area contributed by atoms with Gasteiger partial charge in [-0.3, -0.25) is 0 Å². The van der Waals surface area contributed by atoms with Crippen LogP contribution in [-0.4, -0.2) is 5.75 Å². The Kier molecular flexibility index (Phi) is 5.86. The summed E-state index contributed by atoms with van der Waals surface area (Å²) < 4.78 is 39.3. The number of rotatable bonds is 7. The van der Waals surface area contributed by atoms with Crippen LogP contribution in [0.15, 0.2) is 70.5 Å². The van der Waals surface area contributed by atoms with Crippen LogP contribution in [0.1, 0.15) is 19.8 Å². The van der Waals surface area contributed by atoms with E-state index in [2.05, 4.69) is 0 Å². The van der Waals surface area contributed by atoms with Crippen molar-refractivity contribution in [3.8, 4) is 0 Å². The first-order chi connectivity index (χ1) is 10.5. The molecule has 2 aromatic rings. The van der Waals surface area contributed by atoms with E-state index in [1.54, 1.807) is 0 Å². The van der Waals surface area contributed by atoms with Crippen molar-refractivity contribution in [1.82, 2.24) is 0 Å². The van der Waals surface area contributed by atoms with Crippen LogP contribution in [0.4, 0.5) is 0 Å². The van der Waals surface area contributed by atoms with Crippen molar-refractivity contribution < 1.29 is 28.0 Å². The molecule has 0 saturated heterocycles. The molecule has 0 aliphatic carbocycles. The van der Waals surface area contributed by atoms with Crippen LogP contribution in [0.2, 0.25) is 0 Å². The monoisotopic (exact) mass is 342 g/mol. The molecule has 0 N–H and O–H groups in total. The molecule has 6 heteroatoms. The van der Waals surface area contributed by atoms with Gasteiger partial charge in [0, 0.05) is 15.5 Å². The van der Waals surface area contributed by atoms with Gasteiger partial charge in [-0.1, -0.05) is 49.7 Å². The second-order valence-corrected chi connectivity index (χ2v) is 8.76. The average molecular weight is 343 g/mol. The SMILES string of the molecule is CCCCS(O[Cl+3]([O-])([O-])[O-])(c1ccccc1)c1ccccc1. The third kappa shape index (κ3) is 4.23. The van der Waals surface area contributed by atoms with Crippen LogP contribution in [0, 0.1) is 10.2 Å². The topological polar surface area (TPSA) is 78.4 Å². The molecule has 0 amide bonds. The molecule has 0 radical (unpaired) electrons. The number of unbranched alkanes of at least 4 members (excludes halogenated alkanes) is 1. The lowest BCUT2D eigenvalue weighted by molar-refractivity contribution is -1.91. The van der Waals surface area contributed by atoms with E-state index in [1.807, 2.05) is 67.6 Å². The van der Waals surface area contributed by atoms with Crippen LogP contribution in [-0.2, 0) is 3.74 Å². The van der Waals surface area contributed by atoms with Gasteiger partial charge in [0.2, 0.25) is 0 Å². The predicted octanol–water partition coefficient (Wildman–Crippen LogP) is 1.54. The van der Waals surface area contributed by atoms with Crippen LogP contribution < -0.4 is 14.0 Å². The molecule has 22 heavy (non-hydrogen) atoms. The summed E-state index contributed by atoms with van der Waals surface area (Å²) in [6.45, 7) is 2.02. The lowest BCUT2D eigenvalue weighted by Gasteiger charge is -2.34. The molecule has 0 bridgehead atoms. The first-order valence-corrected chi connectivity index (χ1v) is 9.97. The molecule has 0 heterocycles. The molecule has 0 saturated carbocycles. The molecule has 2 aromatic carbocycles. The normalized spacial score (nSPS) is 13.1. The van der Waals surface area contributed by atoms with Gasteiger partial charge in [-0.25, -0.2) is 0 Å². The van der Waals surface area contributed by atoms with Gasteiger partial charge in [-0.05, 0) is 30.7 Å². The maximum atomic E-state index is 11.4. The van der Waals surface area contributed by atoms with Crippen molar-refractivity contribution >= 4 is 10.3 Å². The zero-order valence-corrected chi connectivity index (χ0v) is 13.9. The highest BCUT2D eigenvalue weighted by atomic mass is 35.7. The van der Waals surface area contributed by atoms with E-state index in [0.717, 1.165) is 22.6 Å². The second kappa shape index (κ2) is 7.46. The number of halogens is 1. The van der Waals surface area contributed by atoms with E-state index in [0.29, 0.717) is 5.75 Å². The summed E-state index contributed by atoms with van der Waals surface area (Å²) in [4.78, 5) is 1.48. The summed E-state index contributed by atoms with van der Waals surface area (Å²) in [6, 6.07) is 18.3. The Labute approximate surface area is 134 Å². The molecule has 0 atom stereocenters. The van der Waals surface area contributed by atoms with Gasteiger partial charge < -0.3 is 0 Å². The van der Waals surface area contributed by atoms with E-state index in [-0.39, 0.29) is 0 Å². The molecule has 0 fully saturated rings. The summed E-state index contributed by atoms with van der Waals surface area (Å²) in [5.74, 6) is 0.492.